The Balaban J connectivity index is 3.55. The van der Waals surface area contributed by atoms with Crippen LogP contribution >= 0.6 is 27.5 Å². The van der Waals surface area contributed by atoms with Gasteiger partial charge >= 0.3 is 0 Å². The maximum atomic E-state index is 12.1. The van der Waals surface area contributed by atoms with E-state index in [9.17, 15) is 8.42 Å². The van der Waals surface area contributed by atoms with Gasteiger partial charge in [0.2, 0.25) is 0 Å². The van der Waals surface area contributed by atoms with Crippen LogP contribution in [0.4, 0.5) is 0 Å². The van der Waals surface area contributed by atoms with Crippen molar-refractivity contribution in [2.45, 2.75) is 24.6 Å². The minimum atomic E-state index is -3.29. The summed E-state index contributed by atoms with van der Waals surface area (Å²) in [6, 6.07) is 2.98. The third kappa shape index (κ3) is 3.30. The molecule has 1 aromatic rings. The molecule has 0 bridgehead atoms. The number of methoxy groups -OCH3 is 1. The monoisotopic (exact) mass is 383 g/mol. The molecule has 0 heterocycles. The second-order valence-corrected chi connectivity index (χ2v) is 8.99. The summed E-state index contributed by atoms with van der Waals surface area (Å²) in [6.07, 6.45) is 1.23. The average Bonchev–Trinajstić information content (AvgIpc) is 2.27. The van der Waals surface area contributed by atoms with Crippen molar-refractivity contribution in [3.05, 3.63) is 27.2 Å². The second kappa shape index (κ2) is 6.22. The topological polar surface area (TPSA) is 55.4 Å². The molecule has 1 unspecified atom stereocenters. The molecule has 0 fully saturated rings. The van der Waals surface area contributed by atoms with Crippen LogP contribution in [0.25, 0.3) is 0 Å². The van der Waals surface area contributed by atoms with E-state index in [0.717, 1.165) is 0 Å². The fourth-order valence-electron chi connectivity index (χ4n) is 2.10. The molecule has 0 saturated carbocycles. The zero-order valence-corrected chi connectivity index (χ0v) is 15.3. The van der Waals surface area contributed by atoms with Crippen molar-refractivity contribution in [2.75, 3.05) is 20.4 Å². The molecule has 1 atom stereocenters. The Kier molecular flexibility index (Phi) is 5.52. The normalized spacial score (nSPS) is 14.2. The van der Waals surface area contributed by atoms with Crippen LogP contribution in [0, 0.1) is 0 Å². The molecule has 1 rings (SSSR count). The maximum Gasteiger partial charge on any atom is 0.154 e. The highest BCUT2D eigenvalue weighted by Gasteiger charge is 2.40. The van der Waals surface area contributed by atoms with Gasteiger partial charge in [-0.05, 0) is 49.0 Å². The SMILES string of the molecule is CNC(c1cc(Cl)cc(Br)c1OC)C(C)(C)S(C)(=O)=O. The first-order valence-corrected chi connectivity index (χ1v) is 9.02. The van der Waals surface area contributed by atoms with E-state index in [2.05, 4.69) is 21.2 Å². The Hall–Kier alpha value is -0.300. The largest absolute Gasteiger partial charge is 0.495 e. The zero-order chi connectivity index (χ0) is 15.7. The molecular weight excluding hydrogens is 366 g/mol. The van der Waals surface area contributed by atoms with E-state index in [4.69, 9.17) is 16.3 Å². The predicted octanol–water partition coefficient (Wildman–Crippen LogP) is 3.19. The zero-order valence-electron chi connectivity index (χ0n) is 12.1. The van der Waals surface area contributed by atoms with Crippen LogP contribution in [-0.2, 0) is 9.84 Å². The van der Waals surface area contributed by atoms with Gasteiger partial charge in [0.1, 0.15) is 5.75 Å². The lowest BCUT2D eigenvalue weighted by Crippen LogP contribution is -2.44. The van der Waals surface area contributed by atoms with Crippen LogP contribution < -0.4 is 10.1 Å². The summed E-state index contributed by atoms with van der Waals surface area (Å²) >= 11 is 9.47. The number of ether oxygens (including phenoxy) is 1. The molecule has 0 radical (unpaired) electrons. The molecule has 114 valence electrons. The lowest BCUT2D eigenvalue weighted by molar-refractivity contribution is 0.383. The standard InChI is InChI=1S/C13H19BrClNO3S/c1-13(2,20(5,17)18)12(16-3)9-6-8(15)7-10(14)11(9)19-4/h6-7,12,16H,1-5H3. The van der Waals surface area contributed by atoms with Gasteiger partial charge < -0.3 is 10.1 Å². The fraction of sp³-hybridized carbons (Fsp3) is 0.538. The van der Waals surface area contributed by atoms with Crippen LogP contribution in [0.15, 0.2) is 16.6 Å². The Bertz CT molecular complexity index is 602. The molecule has 0 spiro atoms. The van der Waals surface area contributed by atoms with Crippen LogP contribution in [0.2, 0.25) is 5.02 Å². The summed E-state index contributed by atoms with van der Waals surface area (Å²) in [5.41, 5.74) is 0.699. The van der Waals surface area contributed by atoms with Crippen molar-refractivity contribution in [1.29, 1.82) is 0 Å². The lowest BCUT2D eigenvalue weighted by atomic mass is 9.94. The van der Waals surface area contributed by atoms with Crippen molar-refractivity contribution >= 4 is 37.4 Å². The highest BCUT2D eigenvalue weighted by Crippen LogP contribution is 2.41. The summed E-state index contributed by atoms with van der Waals surface area (Å²) in [5, 5.41) is 3.57. The molecule has 0 aliphatic heterocycles. The van der Waals surface area contributed by atoms with Gasteiger partial charge in [0.05, 0.1) is 22.4 Å². The van der Waals surface area contributed by atoms with Gasteiger partial charge in [-0.3, -0.25) is 0 Å². The predicted molar refractivity (Wildman–Crippen MR) is 86.4 cm³/mol. The van der Waals surface area contributed by atoms with Crippen molar-refractivity contribution < 1.29 is 13.2 Å². The molecule has 0 amide bonds. The Morgan fingerprint density at radius 1 is 1.40 bits per heavy atom. The number of hydrogen-bond donors (Lipinski definition) is 1. The number of rotatable bonds is 5. The second-order valence-electron chi connectivity index (χ2n) is 5.11. The highest BCUT2D eigenvalue weighted by molar-refractivity contribution is 9.10. The number of nitrogens with one attached hydrogen (secondary N) is 1. The highest BCUT2D eigenvalue weighted by atomic mass is 79.9. The first kappa shape index (κ1) is 17.8. The van der Waals surface area contributed by atoms with Gasteiger partial charge in [-0.1, -0.05) is 11.6 Å². The Labute approximate surface area is 133 Å². The smallest absolute Gasteiger partial charge is 0.154 e. The number of sulfone groups is 1. The van der Waals surface area contributed by atoms with E-state index < -0.39 is 20.6 Å². The maximum absolute atomic E-state index is 12.1. The molecule has 20 heavy (non-hydrogen) atoms. The van der Waals surface area contributed by atoms with E-state index in [-0.39, 0.29) is 0 Å². The summed E-state index contributed by atoms with van der Waals surface area (Å²) in [7, 11) is -0.0355. The molecule has 4 nitrogen and oxygen atoms in total. The average molecular weight is 385 g/mol. The van der Waals surface area contributed by atoms with E-state index in [1.807, 2.05) is 0 Å². The molecule has 1 aromatic carbocycles. The summed E-state index contributed by atoms with van der Waals surface area (Å²) < 4.78 is 29.2. The van der Waals surface area contributed by atoms with E-state index in [1.165, 1.54) is 13.4 Å². The van der Waals surface area contributed by atoms with Crippen LogP contribution in [-0.4, -0.2) is 33.6 Å². The first-order chi connectivity index (χ1) is 9.06. The van der Waals surface area contributed by atoms with Crippen molar-refractivity contribution in [3.63, 3.8) is 0 Å². The minimum absolute atomic E-state index is 0.456. The summed E-state index contributed by atoms with van der Waals surface area (Å²) in [5.74, 6) is 0.575. The van der Waals surface area contributed by atoms with Gasteiger partial charge in [-0.15, -0.1) is 0 Å². The van der Waals surface area contributed by atoms with Crippen molar-refractivity contribution in [3.8, 4) is 5.75 Å². The van der Waals surface area contributed by atoms with Gasteiger partial charge in [0.15, 0.2) is 9.84 Å². The van der Waals surface area contributed by atoms with Crippen molar-refractivity contribution in [2.24, 2.45) is 0 Å². The van der Waals surface area contributed by atoms with Crippen molar-refractivity contribution in [1.82, 2.24) is 5.32 Å². The van der Waals surface area contributed by atoms with Crippen LogP contribution in [0.3, 0.4) is 0 Å². The minimum Gasteiger partial charge on any atom is -0.495 e. The Morgan fingerprint density at radius 3 is 2.35 bits per heavy atom. The third-order valence-corrected chi connectivity index (χ3v) is 6.45. The number of hydrogen-bond acceptors (Lipinski definition) is 4. The Morgan fingerprint density at radius 2 is 1.95 bits per heavy atom. The van der Waals surface area contributed by atoms with E-state index >= 15 is 0 Å². The summed E-state index contributed by atoms with van der Waals surface area (Å²) in [6.45, 7) is 3.36. The van der Waals surface area contributed by atoms with Crippen LogP contribution in [0.5, 0.6) is 5.75 Å². The molecule has 0 saturated heterocycles. The summed E-state index contributed by atoms with van der Waals surface area (Å²) in [4.78, 5) is 0. The van der Waals surface area contributed by atoms with E-state index in [0.29, 0.717) is 20.8 Å². The lowest BCUT2D eigenvalue weighted by Gasteiger charge is -2.34. The van der Waals surface area contributed by atoms with Crippen LogP contribution in [0.1, 0.15) is 25.5 Å². The first-order valence-electron chi connectivity index (χ1n) is 5.96. The molecule has 0 aliphatic carbocycles. The molecule has 0 aromatic heterocycles. The van der Waals surface area contributed by atoms with Gasteiger partial charge in [-0.25, -0.2) is 8.42 Å². The van der Waals surface area contributed by atoms with Gasteiger partial charge in [-0.2, -0.15) is 0 Å². The molecule has 7 heteroatoms. The quantitative estimate of drug-likeness (QED) is 0.847. The molecule has 1 N–H and O–H groups in total. The fourth-order valence-corrected chi connectivity index (χ4v) is 3.77. The number of benzene rings is 1. The molecule has 0 aliphatic rings. The third-order valence-electron chi connectivity index (χ3n) is 3.49. The van der Waals surface area contributed by atoms with Gasteiger partial charge in [0, 0.05) is 16.8 Å². The van der Waals surface area contributed by atoms with E-state index in [1.54, 1.807) is 33.0 Å². The number of halogens is 2. The molecular formula is C13H19BrClNO3S. The van der Waals surface area contributed by atoms with Gasteiger partial charge in [0.25, 0.3) is 0 Å².